The van der Waals surface area contributed by atoms with Gasteiger partial charge in [-0.1, -0.05) is 0 Å². The van der Waals surface area contributed by atoms with E-state index in [9.17, 15) is 18.0 Å². The number of aliphatic carboxylic acids is 1. The third-order valence-electron chi connectivity index (χ3n) is 3.09. The van der Waals surface area contributed by atoms with Gasteiger partial charge in [0.05, 0.1) is 6.42 Å². The molecule has 100 valence electrons. The monoisotopic (exact) mass is 255 g/mol. The molecule has 0 saturated carbocycles. The first-order chi connectivity index (χ1) is 7.84. The highest BCUT2D eigenvalue weighted by atomic mass is 19.4. The van der Waals surface area contributed by atoms with E-state index in [2.05, 4.69) is 0 Å². The quantitative estimate of drug-likeness (QED) is 0.789. The predicted octanol–water partition coefficient (Wildman–Crippen LogP) is 1.10. The first-order valence-electron chi connectivity index (χ1n) is 5.48. The number of carboxylic acid groups (broad SMARTS) is 1. The Morgan fingerprint density at radius 3 is 2.24 bits per heavy atom. The number of aliphatic hydroxyl groups is 1. The second-order valence-electron chi connectivity index (χ2n) is 4.32. The number of alkyl halides is 3. The molecule has 0 aliphatic carbocycles. The third kappa shape index (κ3) is 4.16. The molecular weight excluding hydrogens is 239 g/mol. The van der Waals surface area contributed by atoms with Crippen LogP contribution in [-0.2, 0) is 4.79 Å². The number of halogens is 3. The van der Waals surface area contributed by atoms with Crippen LogP contribution in [0.3, 0.4) is 0 Å². The topological polar surface area (TPSA) is 60.8 Å². The van der Waals surface area contributed by atoms with Gasteiger partial charge >= 0.3 is 12.1 Å². The number of aliphatic hydroxyl groups excluding tert-OH is 1. The summed E-state index contributed by atoms with van der Waals surface area (Å²) in [5.41, 5.74) is 0. The highest BCUT2D eigenvalue weighted by Crippen LogP contribution is 2.30. The van der Waals surface area contributed by atoms with Crippen LogP contribution in [0.25, 0.3) is 0 Å². The van der Waals surface area contributed by atoms with Gasteiger partial charge in [-0.3, -0.25) is 9.69 Å². The summed E-state index contributed by atoms with van der Waals surface area (Å²) in [4.78, 5) is 11.6. The summed E-state index contributed by atoms with van der Waals surface area (Å²) in [5, 5.41) is 17.4. The second-order valence-corrected chi connectivity index (χ2v) is 4.32. The fourth-order valence-corrected chi connectivity index (χ4v) is 2.06. The van der Waals surface area contributed by atoms with Crippen LogP contribution >= 0.6 is 0 Å². The third-order valence-corrected chi connectivity index (χ3v) is 3.09. The lowest BCUT2D eigenvalue weighted by molar-refractivity contribution is -0.193. The SMILES string of the molecule is O=C(O)CC(N1CCC(CO)CC1)C(F)(F)F. The Kier molecular flexibility index (Phi) is 4.76. The molecule has 0 bridgehead atoms. The molecule has 1 aliphatic heterocycles. The van der Waals surface area contributed by atoms with Gasteiger partial charge < -0.3 is 10.2 Å². The van der Waals surface area contributed by atoms with Gasteiger partial charge in [0.2, 0.25) is 0 Å². The summed E-state index contributed by atoms with van der Waals surface area (Å²) in [5.74, 6) is -1.42. The highest BCUT2D eigenvalue weighted by molar-refractivity contribution is 5.67. The van der Waals surface area contributed by atoms with Gasteiger partial charge in [-0.15, -0.1) is 0 Å². The summed E-state index contributed by atoms with van der Waals surface area (Å²) in [7, 11) is 0. The van der Waals surface area contributed by atoms with E-state index in [1.165, 1.54) is 0 Å². The molecule has 0 amide bonds. The van der Waals surface area contributed by atoms with Crippen molar-refractivity contribution >= 4 is 5.97 Å². The van der Waals surface area contributed by atoms with E-state index in [-0.39, 0.29) is 25.6 Å². The molecule has 1 rings (SSSR count). The minimum atomic E-state index is -4.52. The highest BCUT2D eigenvalue weighted by Gasteiger charge is 2.45. The van der Waals surface area contributed by atoms with Gasteiger partial charge in [0.15, 0.2) is 0 Å². The largest absolute Gasteiger partial charge is 0.481 e. The molecule has 0 aromatic heterocycles. The van der Waals surface area contributed by atoms with Crippen LogP contribution in [0.1, 0.15) is 19.3 Å². The standard InChI is InChI=1S/C10H16F3NO3/c11-10(12,13)8(5-9(16)17)14-3-1-7(6-15)2-4-14/h7-8,15H,1-6H2,(H,16,17). The number of rotatable bonds is 4. The van der Waals surface area contributed by atoms with Crippen molar-refractivity contribution < 1.29 is 28.2 Å². The van der Waals surface area contributed by atoms with Crippen molar-refractivity contribution in [1.29, 1.82) is 0 Å². The Bertz CT molecular complexity index is 262. The molecule has 0 radical (unpaired) electrons. The van der Waals surface area contributed by atoms with E-state index in [0.29, 0.717) is 12.8 Å². The first kappa shape index (κ1) is 14.2. The van der Waals surface area contributed by atoms with Gasteiger partial charge in [0.1, 0.15) is 6.04 Å². The molecule has 0 aromatic carbocycles. The number of nitrogens with zero attached hydrogens (tertiary/aromatic N) is 1. The molecule has 1 saturated heterocycles. The van der Waals surface area contributed by atoms with Gasteiger partial charge in [-0.05, 0) is 31.8 Å². The van der Waals surface area contributed by atoms with Crippen LogP contribution in [0.5, 0.6) is 0 Å². The van der Waals surface area contributed by atoms with Crippen LogP contribution in [0.15, 0.2) is 0 Å². The summed E-state index contributed by atoms with van der Waals surface area (Å²) in [6.45, 7) is 0.342. The molecule has 1 unspecified atom stereocenters. The first-order valence-corrected chi connectivity index (χ1v) is 5.48. The van der Waals surface area contributed by atoms with E-state index in [1.807, 2.05) is 0 Å². The zero-order valence-corrected chi connectivity index (χ0v) is 9.28. The predicted molar refractivity (Wildman–Crippen MR) is 53.5 cm³/mol. The average Bonchev–Trinajstić information content (AvgIpc) is 2.24. The van der Waals surface area contributed by atoms with Crippen LogP contribution in [0.4, 0.5) is 13.2 Å². The van der Waals surface area contributed by atoms with Gasteiger partial charge in [0.25, 0.3) is 0 Å². The minimum absolute atomic E-state index is 0.0244. The Morgan fingerprint density at radius 2 is 1.88 bits per heavy atom. The molecule has 2 N–H and O–H groups in total. The van der Waals surface area contributed by atoms with Crippen LogP contribution in [-0.4, -0.2) is 53.0 Å². The zero-order chi connectivity index (χ0) is 13.1. The van der Waals surface area contributed by atoms with Crippen molar-refractivity contribution in [3.8, 4) is 0 Å². The maximum Gasteiger partial charge on any atom is 0.404 e. The van der Waals surface area contributed by atoms with E-state index in [4.69, 9.17) is 10.2 Å². The number of piperidine rings is 1. The van der Waals surface area contributed by atoms with E-state index >= 15 is 0 Å². The van der Waals surface area contributed by atoms with Gasteiger partial charge in [-0.25, -0.2) is 0 Å². The van der Waals surface area contributed by atoms with Gasteiger partial charge in [-0.2, -0.15) is 13.2 Å². The van der Waals surface area contributed by atoms with Crippen molar-refractivity contribution in [2.75, 3.05) is 19.7 Å². The molecular formula is C10H16F3NO3. The fraction of sp³-hybridized carbons (Fsp3) is 0.900. The van der Waals surface area contributed by atoms with Crippen molar-refractivity contribution in [1.82, 2.24) is 4.90 Å². The maximum atomic E-state index is 12.7. The lowest BCUT2D eigenvalue weighted by Crippen LogP contribution is -2.50. The molecule has 1 atom stereocenters. The van der Waals surface area contributed by atoms with E-state index in [1.54, 1.807) is 0 Å². The fourth-order valence-electron chi connectivity index (χ4n) is 2.06. The van der Waals surface area contributed by atoms with Crippen molar-refractivity contribution in [3.05, 3.63) is 0 Å². The van der Waals surface area contributed by atoms with Crippen molar-refractivity contribution in [2.45, 2.75) is 31.5 Å². The van der Waals surface area contributed by atoms with E-state index < -0.39 is 24.6 Å². The number of likely N-dealkylation sites (tertiary alicyclic amines) is 1. The van der Waals surface area contributed by atoms with E-state index in [0.717, 1.165) is 4.90 Å². The number of carbonyl (C=O) groups is 1. The molecule has 1 aliphatic rings. The van der Waals surface area contributed by atoms with Crippen molar-refractivity contribution in [3.63, 3.8) is 0 Å². The van der Waals surface area contributed by atoms with Crippen LogP contribution in [0.2, 0.25) is 0 Å². The maximum absolute atomic E-state index is 12.7. The van der Waals surface area contributed by atoms with Gasteiger partial charge in [0, 0.05) is 6.61 Å². The number of hydrogen-bond acceptors (Lipinski definition) is 3. The second kappa shape index (κ2) is 5.68. The summed E-state index contributed by atoms with van der Waals surface area (Å²) < 4.78 is 38.1. The molecule has 1 heterocycles. The molecule has 1 fully saturated rings. The molecule has 7 heteroatoms. The Morgan fingerprint density at radius 1 is 1.35 bits per heavy atom. The normalized spacial score (nSPS) is 21.4. The Hall–Kier alpha value is -0.820. The molecule has 0 spiro atoms. The summed E-state index contributed by atoms with van der Waals surface area (Å²) in [6.07, 6.45) is -4.50. The Labute approximate surface area is 97.0 Å². The van der Waals surface area contributed by atoms with Crippen LogP contribution < -0.4 is 0 Å². The zero-order valence-electron chi connectivity index (χ0n) is 9.28. The van der Waals surface area contributed by atoms with Crippen LogP contribution in [0, 0.1) is 5.92 Å². The Balaban J connectivity index is 2.62. The molecule has 17 heavy (non-hydrogen) atoms. The minimum Gasteiger partial charge on any atom is -0.481 e. The average molecular weight is 255 g/mol. The number of hydrogen-bond donors (Lipinski definition) is 2. The lowest BCUT2D eigenvalue weighted by Gasteiger charge is -2.37. The van der Waals surface area contributed by atoms with Crippen molar-refractivity contribution in [2.24, 2.45) is 5.92 Å². The molecule has 4 nitrogen and oxygen atoms in total. The summed E-state index contributed by atoms with van der Waals surface area (Å²) >= 11 is 0. The number of carboxylic acids is 1. The lowest BCUT2D eigenvalue weighted by atomic mass is 9.96. The molecule has 0 aromatic rings. The smallest absolute Gasteiger partial charge is 0.404 e. The summed E-state index contributed by atoms with van der Waals surface area (Å²) in [6, 6.07) is -1.92.